The number of hydrogen-bond donors (Lipinski definition) is 1. The Morgan fingerprint density at radius 2 is 1.79 bits per heavy atom. The lowest BCUT2D eigenvalue weighted by molar-refractivity contribution is 0.0756. The molecule has 0 aliphatic heterocycles. The zero-order valence-electron chi connectivity index (χ0n) is 18.8. The number of nitrogens with zero attached hydrogens (tertiary/aromatic N) is 2. The molecule has 2 aromatic carbocycles. The summed E-state index contributed by atoms with van der Waals surface area (Å²) < 4.78 is 19.3. The van der Waals surface area contributed by atoms with Crippen molar-refractivity contribution in [2.24, 2.45) is 0 Å². The van der Waals surface area contributed by atoms with Gasteiger partial charge in [-0.1, -0.05) is 46.6 Å². The van der Waals surface area contributed by atoms with E-state index in [4.69, 9.17) is 27.7 Å². The highest BCUT2D eigenvalue weighted by molar-refractivity contribution is 6.39. The molecule has 1 fully saturated rings. The van der Waals surface area contributed by atoms with E-state index in [1.165, 1.54) is 6.07 Å². The fraction of sp³-hybridized carbons (Fsp3) is 0.360. The second-order valence-corrected chi connectivity index (χ2v) is 9.56. The molecular weight excluding hydrogens is 464 g/mol. The van der Waals surface area contributed by atoms with Crippen LogP contribution in [0.15, 0.2) is 47.0 Å². The molecule has 1 aromatic heterocycles. The molecule has 0 bridgehead atoms. The van der Waals surface area contributed by atoms with Gasteiger partial charge in [-0.15, -0.1) is 0 Å². The molecule has 5 nitrogen and oxygen atoms in total. The van der Waals surface area contributed by atoms with Crippen LogP contribution < -0.4 is 5.32 Å². The van der Waals surface area contributed by atoms with Gasteiger partial charge >= 0.3 is 0 Å². The van der Waals surface area contributed by atoms with E-state index in [1.807, 2.05) is 20.2 Å². The lowest BCUT2D eigenvalue weighted by atomic mass is 9.74. The van der Waals surface area contributed by atoms with E-state index < -0.39 is 0 Å². The van der Waals surface area contributed by atoms with Gasteiger partial charge in [-0.2, -0.15) is 0 Å². The summed E-state index contributed by atoms with van der Waals surface area (Å²) in [5.41, 5.74) is 1.83. The van der Waals surface area contributed by atoms with Gasteiger partial charge in [0.25, 0.3) is 5.91 Å². The van der Waals surface area contributed by atoms with Gasteiger partial charge in [0.1, 0.15) is 22.8 Å². The number of rotatable bonds is 5. The molecule has 0 spiro atoms. The molecule has 1 aliphatic carbocycles. The third-order valence-electron chi connectivity index (χ3n) is 6.66. The molecule has 174 valence electrons. The van der Waals surface area contributed by atoms with Crippen LogP contribution in [0.4, 0.5) is 4.39 Å². The highest BCUT2D eigenvalue weighted by Gasteiger charge is 2.39. The zero-order valence-corrected chi connectivity index (χ0v) is 20.3. The second kappa shape index (κ2) is 9.45. The lowest BCUT2D eigenvalue weighted by Gasteiger charge is -2.45. The predicted molar refractivity (Wildman–Crippen MR) is 128 cm³/mol. The number of aryl methyl sites for hydroxylation is 1. The molecule has 0 atom stereocenters. The summed E-state index contributed by atoms with van der Waals surface area (Å²) in [6, 6.07) is 11.9. The number of aromatic nitrogens is 1. The monoisotopic (exact) mass is 489 g/mol. The summed E-state index contributed by atoms with van der Waals surface area (Å²) in [4.78, 5) is 15.4. The minimum Gasteiger partial charge on any atom is -0.360 e. The van der Waals surface area contributed by atoms with Crippen LogP contribution in [0.5, 0.6) is 0 Å². The summed E-state index contributed by atoms with van der Waals surface area (Å²) in [6.07, 6.45) is 3.10. The normalized spacial score (nSPS) is 20.8. The van der Waals surface area contributed by atoms with Crippen LogP contribution in [-0.4, -0.2) is 36.1 Å². The van der Waals surface area contributed by atoms with Crippen molar-refractivity contribution in [2.45, 2.75) is 44.2 Å². The van der Waals surface area contributed by atoms with Gasteiger partial charge in [0.2, 0.25) is 0 Å². The average Bonchev–Trinajstić information content (AvgIpc) is 3.15. The van der Waals surface area contributed by atoms with Crippen LogP contribution in [0, 0.1) is 12.7 Å². The Bertz CT molecular complexity index is 1150. The van der Waals surface area contributed by atoms with Crippen LogP contribution in [0.25, 0.3) is 11.3 Å². The van der Waals surface area contributed by atoms with Gasteiger partial charge in [-0.05, 0) is 76.5 Å². The van der Waals surface area contributed by atoms with E-state index in [9.17, 15) is 9.18 Å². The summed E-state index contributed by atoms with van der Waals surface area (Å²) in [5.74, 6) is -0.109. The highest BCUT2D eigenvalue weighted by atomic mass is 35.5. The summed E-state index contributed by atoms with van der Waals surface area (Å²) in [5, 5.41) is 8.00. The van der Waals surface area contributed by atoms with Gasteiger partial charge in [-0.25, -0.2) is 4.39 Å². The topological polar surface area (TPSA) is 58.4 Å². The molecule has 1 heterocycles. The number of halogens is 3. The molecule has 4 rings (SSSR count). The number of nitrogens with one attached hydrogen (secondary N) is 1. The Balaban J connectivity index is 1.53. The summed E-state index contributed by atoms with van der Waals surface area (Å²) >= 11 is 12.7. The van der Waals surface area contributed by atoms with Crippen molar-refractivity contribution < 1.29 is 13.7 Å². The second-order valence-electron chi connectivity index (χ2n) is 8.74. The first-order valence-corrected chi connectivity index (χ1v) is 11.6. The van der Waals surface area contributed by atoms with E-state index in [-0.39, 0.29) is 23.3 Å². The summed E-state index contributed by atoms with van der Waals surface area (Å²) in [6.45, 7) is 1.69. The predicted octanol–water partition coefficient (Wildman–Crippen LogP) is 6.23. The maximum absolute atomic E-state index is 13.9. The first-order chi connectivity index (χ1) is 15.7. The number of amides is 1. The number of carbonyl (C=O) groups excluding carboxylic acids is 1. The van der Waals surface area contributed by atoms with Crippen molar-refractivity contribution in [3.05, 3.63) is 75.2 Å². The third kappa shape index (κ3) is 4.52. The minimum absolute atomic E-state index is 0.0250. The Labute approximate surface area is 202 Å². The molecule has 0 unspecified atom stereocenters. The van der Waals surface area contributed by atoms with E-state index in [1.54, 1.807) is 37.3 Å². The van der Waals surface area contributed by atoms with Crippen LogP contribution in [0.3, 0.4) is 0 Å². The molecular formula is C25H26Cl2FN3O2. The average molecular weight is 490 g/mol. The molecule has 8 heteroatoms. The minimum atomic E-state index is -0.271. The van der Waals surface area contributed by atoms with Crippen LogP contribution in [0.2, 0.25) is 10.0 Å². The zero-order chi connectivity index (χ0) is 23.8. The van der Waals surface area contributed by atoms with Gasteiger partial charge in [0.05, 0.1) is 10.0 Å². The Kier molecular flexibility index (Phi) is 6.80. The first-order valence-electron chi connectivity index (χ1n) is 10.9. The van der Waals surface area contributed by atoms with Crippen molar-refractivity contribution in [2.75, 3.05) is 14.1 Å². The fourth-order valence-electron chi connectivity index (χ4n) is 4.80. The SMILES string of the molecule is Cc1onc(-c2c(Cl)cccc2Cl)c1C(=O)NC1CCC(c2cccc(F)c2)(N(C)C)CC1. The molecule has 0 radical (unpaired) electrons. The Morgan fingerprint density at radius 3 is 2.39 bits per heavy atom. The molecule has 1 aliphatic rings. The maximum atomic E-state index is 13.9. The quantitative estimate of drug-likeness (QED) is 0.461. The smallest absolute Gasteiger partial charge is 0.257 e. The van der Waals surface area contributed by atoms with Crippen LogP contribution in [-0.2, 0) is 5.54 Å². The number of carbonyl (C=O) groups is 1. The highest BCUT2D eigenvalue weighted by Crippen LogP contribution is 2.42. The molecule has 33 heavy (non-hydrogen) atoms. The Morgan fingerprint density at radius 1 is 1.15 bits per heavy atom. The largest absolute Gasteiger partial charge is 0.360 e. The van der Waals surface area contributed by atoms with Crippen LogP contribution >= 0.6 is 23.2 Å². The van der Waals surface area contributed by atoms with Crippen molar-refractivity contribution in [3.8, 4) is 11.3 Å². The Hall–Kier alpha value is -2.41. The van der Waals surface area contributed by atoms with Crippen LogP contribution in [0.1, 0.15) is 47.4 Å². The van der Waals surface area contributed by atoms with Crippen molar-refractivity contribution in [3.63, 3.8) is 0 Å². The van der Waals surface area contributed by atoms with Crippen molar-refractivity contribution in [1.29, 1.82) is 0 Å². The van der Waals surface area contributed by atoms with E-state index in [0.29, 0.717) is 32.6 Å². The molecule has 1 amide bonds. The molecule has 1 saturated carbocycles. The van der Waals surface area contributed by atoms with Gasteiger partial charge in [0, 0.05) is 17.1 Å². The van der Waals surface area contributed by atoms with E-state index in [0.717, 1.165) is 31.2 Å². The molecule has 0 saturated heterocycles. The molecule has 1 N–H and O–H groups in total. The van der Waals surface area contributed by atoms with Crippen molar-refractivity contribution >= 4 is 29.1 Å². The third-order valence-corrected chi connectivity index (χ3v) is 7.29. The van der Waals surface area contributed by atoms with E-state index in [2.05, 4.69) is 15.4 Å². The first kappa shape index (κ1) is 23.7. The van der Waals surface area contributed by atoms with Crippen molar-refractivity contribution in [1.82, 2.24) is 15.4 Å². The standard InChI is InChI=1S/C25H26Cl2FN3O2/c1-15-21(23(30-33-15)22-19(26)8-5-9-20(22)27)24(32)29-18-10-12-25(13-11-18,31(2)3)16-6-4-7-17(28)14-16/h4-9,14,18H,10-13H2,1-3H3,(H,29,32). The van der Waals surface area contributed by atoms with Gasteiger partial charge in [-0.3, -0.25) is 9.69 Å². The van der Waals surface area contributed by atoms with E-state index >= 15 is 0 Å². The van der Waals surface area contributed by atoms with Gasteiger partial charge in [0.15, 0.2) is 0 Å². The fourth-order valence-corrected chi connectivity index (χ4v) is 5.38. The number of hydrogen-bond acceptors (Lipinski definition) is 4. The number of benzene rings is 2. The summed E-state index contributed by atoms with van der Waals surface area (Å²) in [7, 11) is 4.04. The lowest BCUT2D eigenvalue weighted by Crippen LogP contribution is -2.48. The maximum Gasteiger partial charge on any atom is 0.257 e. The van der Waals surface area contributed by atoms with Gasteiger partial charge < -0.3 is 9.84 Å². The molecule has 3 aromatic rings.